The Balaban J connectivity index is 1.71. The first-order valence-electron chi connectivity index (χ1n) is 9.95. The van der Waals surface area contributed by atoms with Crippen molar-refractivity contribution in [2.24, 2.45) is 7.05 Å². The molecule has 0 unspecified atom stereocenters. The fourth-order valence-electron chi connectivity index (χ4n) is 4.16. The van der Waals surface area contributed by atoms with Gasteiger partial charge in [-0.25, -0.2) is 9.97 Å². The van der Waals surface area contributed by atoms with Crippen molar-refractivity contribution in [3.8, 4) is 22.6 Å². The summed E-state index contributed by atoms with van der Waals surface area (Å²) < 4.78 is 2.15. The van der Waals surface area contributed by atoms with Crippen LogP contribution in [0.25, 0.3) is 55.5 Å². The van der Waals surface area contributed by atoms with Crippen molar-refractivity contribution in [3.05, 3.63) is 91.1 Å². The van der Waals surface area contributed by atoms with E-state index in [1.807, 2.05) is 54.7 Å². The van der Waals surface area contributed by atoms with Crippen LogP contribution < -0.4 is 0 Å². The molecule has 0 fully saturated rings. The highest BCUT2D eigenvalue weighted by atomic mass is 15.1. The molecule has 4 nitrogen and oxygen atoms in total. The van der Waals surface area contributed by atoms with Gasteiger partial charge in [-0.3, -0.25) is 4.98 Å². The molecule has 142 valence electrons. The lowest BCUT2D eigenvalue weighted by atomic mass is 9.99. The molecule has 0 bridgehead atoms. The fourth-order valence-corrected chi connectivity index (χ4v) is 4.16. The molecular formula is C26H18N4. The Hall–Kier alpha value is -4.05. The normalized spacial score (nSPS) is 11.5. The van der Waals surface area contributed by atoms with Gasteiger partial charge in [0.05, 0.1) is 27.8 Å². The molecule has 0 aliphatic heterocycles. The first-order chi connectivity index (χ1) is 14.8. The summed E-state index contributed by atoms with van der Waals surface area (Å²) in [6, 6.07) is 28.8. The maximum absolute atomic E-state index is 4.99. The number of para-hydroxylation sites is 4. The number of aromatic nitrogens is 4. The molecule has 0 aliphatic rings. The largest absolute Gasteiger partial charge is 0.327 e. The van der Waals surface area contributed by atoms with Crippen molar-refractivity contribution in [3.63, 3.8) is 0 Å². The van der Waals surface area contributed by atoms with Gasteiger partial charge < -0.3 is 4.57 Å². The Kier molecular flexibility index (Phi) is 3.65. The molecule has 0 radical (unpaired) electrons. The molecule has 0 aliphatic carbocycles. The quantitative estimate of drug-likeness (QED) is 0.366. The molecular weight excluding hydrogens is 368 g/mol. The SMILES string of the molecule is Cn1c(-c2c(-c3ccc4ccccc4n3)cnc3ccccc23)nc2ccccc21. The molecule has 0 atom stereocenters. The van der Waals surface area contributed by atoms with E-state index < -0.39 is 0 Å². The Morgan fingerprint density at radius 1 is 0.667 bits per heavy atom. The van der Waals surface area contributed by atoms with Crippen LogP contribution in [0.15, 0.2) is 91.1 Å². The van der Waals surface area contributed by atoms with E-state index in [9.17, 15) is 0 Å². The average Bonchev–Trinajstić information content (AvgIpc) is 3.14. The van der Waals surface area contributed by atoms with Crippen LogP contribution in [0.5, 0.6) is 0 Å². The second-order valence-corrected chi connectivity index (χ2v) is 7.44. The Morgan fingerprint density at radius 2 is 1.40 bits per heavy atom. The lowest BCUT2D eigenvalue weighted by Gasteiger charge is -2.13. The highest BCUT2D eigenvalue weighted by Crippen LogP contribution is 2.37. The molecule has 3 heterocycles. The summed E-state index contributed by atoms with van der Waals surface area (Å²) in [7, 11) is 2.07. The predicted molar refractivity (Wildman–Crippen MR) is 122 cm³/mol. The second kappa shape index (κ2) is 6.49. The smallest absolute Gasteiger partial charge is 0.142 e. The Bertz CT molecular complexity index is 1560. The van der Waals surface area contributed by atoms with Gasteiger partial charge in [0, 0.05) is 35.1 Å². The first kappa shape index (κ1) is 16.9. The maximum Gasteiger partial charge on any atom is 0.142 e. The topological polar surface area (TPSA) is 43.6 Å². The molecule has 30 heavy (non-hydrogen) atoms. The Morgan fingerprint density at radius 3 is 2.27 bits per heavy atom. The molecule has 0 N–H and O–H groups in total. The van der Waals surface area contributed by atoms with E-state index in [4.69, 9.17) is 15.0 Å². The number of imidazole rings is 1. The standard InChI is InChI=1S/C26H18N4/c1-30-24-13-7-6-12-23(24)29-26(30)25-18-9-3-5-11-21(18)27-16-19(25)22-15-14-17-8-2-4-10-20(17)28-22/h2-16H,1H3. The van der Waals surface area contributed by atoms with E-state index in [1.54, 1.807) is 0 Å². The van der Waals surface area contributed by atoms with Crippen molar-refractivity contribution in [1.82, 2.24) is 19.5 Å². The van der Waals surface area contributed by atoms with Crippen LogP contribution in [-0.4, -0.2) is 19.5 Å². The summed E-state index contributed by atoms with van der Waals surface area (Å²) in [5.41, 5.74) is 6.94. The maximum atomic E-state index is 4.99. The average molecular weight is 386 g/mol. The fraction of sp³-hybridized carbons (Fsp3) is 0.0385. The molecule has 0 amide bonds. The molecule has 0 saturated heterocycles. The van der Waals surface area contributed by atoms with Gasteiger partial charge in [-0.1, -0.05) is 54.6 Å². The van der Waals surface area contributed by atoms with Crippen LogP contribution in [0.1, 0.15) is 0 Å². The minimum Gasteiger partial charge on any atom is -0.327 e. The summed E-state index contributed by atoms with van der Waals surface area (Å²) in [5.74, 6) is 0.916. The van der Waals surface area contributed by atoms with Gasteiger partial charge in [0.15, 0.2) is 0 Å². The van der Waals surface area contributed by atoms with Gasteiger partial charge in [-0.2, -0.15) is 0 Å². The van der Waals surface area contributed by atoms with Crippen molar-refractivity contribution < 1.29 is 0 Å². The van der Waals surface area contributed by atoms with Crippen molar-refractivity contribution in [2.45, 2.75) is 0 Å². The molecule has 4 heteroatoms. The minimum atomic E-state index is 0.897. The molecule has 0 spiro atoms. The zero-order valence-corrected chi connectivity index (χ0v) is 16.4. The van der Waals surface area contributed by atoms with Crippen LogP contribution in [-0.2, 0) is 7.05 Å². The number of nitrogens with zero attached hydrogens (tertiary/aromatic N) is 4. The number of pyridine rings is 2. The van der Waals surface area contributed by atoms with Crippen LogP contribution in [0, 0.1) is 0 Å². The predicted octanol–water partition coefficient (Wildman–Crippen LogP) is 6.00. The Labute approximate surface area is 173 Å². The van der Waals surface area contributed by atoms with Crippen LogP contribution in [0.3, 0.4) is 0 Å². The molecule has 0 saturated carbocycles. The lowest BCUT2D eigenvalue weighted by Crippen LogP contribution is -1.98. The zero-order valence-electron chi connectivity index (χ0n) is 16.4. The van der Waals surface area contributed by atoms with E-state index >= 15 is 0 Å². The first-order valence-corrected chi connectivity index (χ1v) is 9.95. The number of aryl methyl sites for hydroxylation is 1. The van der Waals surface area contributed by atoms with E-state index in [1.165, 1.54) is 0 Å². The number of fused-ring (bicyclic) bond motifs is 3. The molecule has 3 aromatic carbocycles. The lowest BCUT2D eigenvalue weighted by molar-refractivity contribution is 0.960. The van der Waals surface area contributed by atoms with E-state index in [0.717, 1.165) is 55.5 Å². The zero-order chi connectivity index (χ0) is 20.1. The highest BCUT2D eigenvalue weighted by molar-refractivity contribution is 6.02. The molecule has 3 aromatic heterocycles. The number of benzene rings is 3. The van der Waals surface area contributed by atoms with Crippen molar-refractivity contribution in [2.75, 3.05) is 0 Å². The van der Waals surface area contributed by atoms with Gasteiger partial charge >= 0.3 is 0 Å². The van der Waals surface area contributed by atoms with Gasteiger partial charge in [-0.15, -0.1) is 0 Å². The second-order valence-electron chi connectivity index (χ2n) is 7.44. The van der Waals surface area contributed by atoms with E-state index in [0.29, 0.717) is 0 Å². The summed E-state index contributed by atoms with van der Waals surface area (Å²) in [6.07, 6.45) is 1.92. The van der Waals surface area contributed by atoms with Gasteiger partial charge in [0.25, 0.3) is 0 Å². The third kappa shape index (κ3) is 2.51. The summed E-state index contributed by atoms with van der Waals surface area (Å²) in [4.78, 5) is 14.7. The number of rotatable bonds is 2. The van der Waals surface area contributed by atoms with Crippen molar-refractivity contribution >= 4 is 32.8 Å². The molecule has 6 rings (SSSR count). The van der Waals surface area contributed by atoms with Gasteiger partial charge in [-0.05, 0) is 30.3 Å². The van der Waals surface area contributed by atoms with Crippen LogP contribution in [0.2, 0.25) is 0 Å². The van der Waals surface area contributed by atoms with Gasteiger partial charge in [0.2, 0.25) is 0 Å². The highest BCUT2D eigenvalue weighted by Gasteiger charge is 2.19. The summed E-state index contributed by atoms with van der Waals surface area (Å²) >= 11 is 0. The van der Waals surface area contributed by atoms with E-state index in [-0.39, 0.29) is 0 Å². The molecule has 6 aromatic rings. The van der Waals surface area contributed by atoms with Crippen molar-refractivity contribution in [1.29, 1.82) is 0 Å². The van der Waals surface area contributed by atoms with Gasteiger partial charge in [0.1, 0.15) is 5.82 Å². The van der Waals surface area contributed by atoms with E-state index in [2.05, 4.69) is 48.0 Å². The summed E-state index contributed by atoms with van der Waals surface area (Å²) in [6.45, 7) is 0. The minimum absolute atomic E-state index is 0.897. The third-order valence-corrected chi connectivity index (χ3v) is 5.66. The monoisotopic (exact) mass is 386 g/mol. The van der Waals surface area contributed by atoms with Crippen LogP contribution in [0.4, 0.5) is 0 Å². The van der Waals surface area contributed by atoms with Crippen LogP contribution >= 0.6 is 0 Å². The number of hydrogen-bond donors (Lipinski definition) is 0. The third-order valence-electron chi connectivity index (χ3n) is 5.66. The summed E-state index contributed by atoms with van der Waals surface area (Å²) in [5, 5.41) is 2.20. The number of hydrogen-bond acceptors (Lipinski definition) is 3.